The van der Waals surface area contributed by atoms with E-state index >= 15 is 0 Å². The second-order valence-corrected chi connectivity index (χ2v) is 7.12. The second-order valence-electron chi connectivity index (χ2n) is 5.55. The number of nitrogens with zero attached hydrogens (tertiary/aromatic N) is 1. The van der Waals surface area contributed by atoms with Crippen molar-refractivity contribution in [3.63, 3.8) is 0 Å². The molecule has 1 aromatic heterocycles. The summed E-state index contributed by atoms with van der Waals surface area (Å²) in [5, 5.41) is 1.18. The van der Waals surface area contributed by atoms with Gasteiger partial charge in [-0.3, -0.25) is 9.45 Å². The lowest BCUT2D eigenvalue weighted by Gasteiger charge is -2.26. The molecule has 1 aliphatic heterocycles. The number of rotatable bonds is 4. The van der Waals surface area contributed by atoms with Gasteiger partial charge in [-0.2, -0.15) is 8.42 Å². The van der Waals surface area contributed by atoms with Crippen LogP contribution in [0.4, 0.5) is 5.69 Å². The van der Waals surface area contributed by atoms with Crippen LogP contribution in [0, 0.1) is 0 Å². The number of H-pyrrole nitrogens is 1. The van der Waals surface area contributed by atoms with Crippen LogP contribution in [-0.2, 0) is 23.1 Å². The third-order valence-electron chi connectivity index (χ3n) is 3.95. The SMILES string of the molecule is Nc1ccc2[nH]c3c(c2c1)CCN(CCCS(=O)(=O)O)C3. The van der Waals surface area contributed by atoms with Gasteiger partial charge >= 0.3 is 0 Å². The molecule has 114 valence electrons. The van der Waals surface area contributed by atoms with Crippen LogP contribution in [0.2, 0.25) is 0 Å². The predicted octanol–water partition coefficient (Wildman–Crippen LogP) is 1.39. The molecule has 3 rings (SSSR count). The normalized spacial score (nSPS) is 16.2. The molecular weight excluding hydrogens is 290 g/mol. The van der Waals surface area contributed by atoms with Crippen LogP contribution in [-0.4, -0.2) is 41.7 Å². The van der Waals surface area contributed by atoms with Gasteiger partial charge < -0.3 is 10.7 Å². The van der Waals surface area contributed by atoms with Crippen molar-refractivity contribution in [1.29, 1.82) is 0 Å². The van der Waals surface area contributed by atoms with Crippen molar-refractivity contribution < 1.29 is 13.0 Å². The van der Waals surface area contributed by atoms with Crippen molar-refractivity contribution >= 4 is 26.7 Å². The van der Waals surface area contributed by atoms with E-state index in [-0.39, 0.29) is 5.75 Å². The van der Waals surface area contributed by atoms with E-state index in [1.165, 1.54) is 16.6 Å². The van der Waals surface area contributed by atoms with E-state index in [4.69, 9.17) is 10.3 Å². The Bertz CT molecular complexity index is 767. The molecule has 6 nitrogen and oxygen atoms in total. The molecule has 7 heteroatoms. The number of hydrogen-bond donors (Lipinski definition) is 3. The van der Waals surface area contributed by atoms with Gasteiger partial charge in [0.25, 0.3) is 10.1 Å². The zero-order chi connectivity index (χ0) is 15.0. The fraction of sp³-hybridized carbons (Fsp3) is 0.429. The molecular formula is C14H19N3O3S. The van der Waals surface area contributed by atoms with Gasteiger partial charge in [-0.05, 0) is 43.1 Å². The lowest BCUT2D eigenvalue weighted by molar-refractivity contribution is 0.252. The van der Waals surface area contributed by atoms with Crippen molar-refractivity contribution in [2.45, 2.75) is 19.4 Å². The maximum atomic E-state index is 10.7. The smallest absolute Gasteiger partial charge is 0.264 e. The first-order valence-electron chi connectivity index (χ1n) is 6.99. The third kappa shape index (κ3) is 3.20. The van der Waals surface area contributed by atoms with Gasteiger partial charge in [-0.25, -0.2) is 0 Å². The van der Waals surface area contributed by atoms with Crippen molar-refractivity contribution in [2.24, 2.45) is 0 Å². The first-order valence-corrected chi connectivity index (χ1v) is 8.60. The number of benzene rings is 1. The molecule has 0 fully saturated rings. The first kappa shape index (κ1) is 14.4. The molecule has 2 heterocycles. The Morgan fingerprint density at radius 2 is 2.19 bits per heavy atom. The Morgan fingerprint density at radius 3 is 2.95 bits per heavy atom. The molecule has 0 saturated carbocycles. The Balaban J connectivity index is 1.72. The number of hydrogen-bond acceptors (Lipinski definition) is 4. The maximum absolute atomic E-state index is 10.7. The lowest BCUT2D eigenvalue weighted by Crippen LogP contribution is -2.32. The fourth-order valence-corrected chi connectivity index (χ4v) is 3.47. The lowest BCUT2D eigenvalue weighted by atomic mass is 10.0. The average molecular weight is 309 g/mol. The van der Waals surface area contributed by atoms with Crippen LogP contribution in [0.5, 0.6) is 0 Å². The number of aromatic amines is 1. The Labute approximate surface area is 123 Å². The number of anilines is 1. The molecule has 0 atom stereocenters. The summed E-state index contributed by atoms with van der Waals surface area (Å²) in [4.78, 5) is 5.62. The van der Waals surface area contributed by atoms with E-state index in [9.17, 15) is 8.42 Å². The maximum Gasteiger partial charge on any atom is 0.264 e. The monoisotopic (exact) mass is 309 g/mol. The number of aromatic nitrogens is 1. The Hall–Kier alpha value is -1.57. The average Bonchev–Trinajstić information content (AvgIpc) is 2.74. The standard InChI is InChI=1S/C14H19N3O3S/c15-10-2-3-13-12(8-10)11-4-6-17(9-14(11)16-13)5-1-7-21(18,19)20/h2-3,8,16H,1,4-7,9,15H2,(H,18,19,20). The molecule has 0 radical (unpaired) electrons. The van der Waals surface area contributed by atoms with E-state index in [2.05, 4.69) is 9.88 Å². The molecule has 0 spiro atoms. The van der Waals surface area contributed by atoms with E-state index in [1.807, 2.05) is 18.2 Å². The number of nitrogens with two attached hydrogens (primary N) is 1. The summed E-state index contributed by atoms with van der Waals surface area (Å²) >= 11 is 0. The van der Waals surface area contributed by atoms with Crippen molar-refractivity contribution in [3.8, 4) is 0 Å². The summed E-state index contributed by atoms with van der Waals surface area (Å²) in [6.45, 7) is 2.33. The van der Waals surface area contributed by atoms with Crippen LogP contribution in [0.25, 0.3) is 10.9 Å². The summed E-state index contributed by atoms with van der Waals surface area (Å²) < 4.78 is 30.2. The molecule has 0 bridgehead atoms. The minimum atomic E-state index is -3.86. The third-order valence-corrected chi connectivity index (χ3v) is 4.76. The zero-order valence-corrected chi connectivity index (χ0v) is 12.5. The van der Waals surface area contributed by atoms with Crippen molar-refractivity contribution in [2.75, 3.05) is 24.6 Å². The molecule has 0 unspecified atom stereocenters. The van der Waals surface area contributed by atoms with Crippen LogP contribution in [0.3, 0.4) is 0 Å². The number of fused-ring (bicyclic) bond motifs is 3. The van der Waals surface area contributed by atoms with Gasteiger partial charge in [0.05, 0.1) is 5.75 Å². The highest BCUT2D eigenvalue weighted by Gasteiger charge is 2.20. The van der Waals surface area contributed by atoms with Crippen LogP contribution >= 0.6 is 0 Å². The highest BCUT2D eigenvalue weighted by molar-refractivity contribution is 7.85. The van der Waals surface area contributed by atoms with E-state index in [0.717, 1.165) is 30.7 Å². The molecule has 2 aromatic rings. The van der Waals surface area contributed by atoms with Crippen molar-refractivity contribution in [3.05, 3.63) is 29.5 Å². The van der Waals surface area contributed by atoms with Crippen LogP contribution in [0.15, 0.2) is 18.2 Å². The van der Waals surface area contributed by atoms with Gasteiger partial charge in [0.1, 0.15) is 0 Å². The van der Waals surface area contributed by atoms with Gasteiger partial charge in [-0.1, -0.05) is 0 Å². The van der Waals surface area contributed by atoms with Crippen molar-refractivity contribution in [1.82, 2.24) is 9.88 Å². The molecule has 1 aromatic carbocycles. The van der Waals surface area contributed by atoms with Crippen LogP contribution < -0.4 is 5.73 Å². The summed E-state index contributed by atoms with van der Waals surface area (Å²) in [6.07, 6.45) is 1.37. The Morgan fingerprint density at radius 1 is 1.38 bits per heavy atom. The second kappa shape index (κ2) is 5.32. The molecule has 4 N–H and O–H groups in total. The fourth-order valence-electron chi connectivity index (χ4n) is 2.98. The summed E-state index contributed by atoms with van der Waals surface area (Å²) in [6, 6.07) is 5.87. The minimum absolute atomic E-state index is 0.181. The van der Waals surface area contributed by atoms with Gasteiger partial charge in [0, 0.05) is 35.4 Å². The highest BCUT2D eigenvalue weighted by Crippen LogP contribution is 2.28. The van der Waals surface area contributed by atoms with Gasteiger partial charge in [0.15, 0.2) is 0 Å². The molecule has 1 aliphatic rings. The predicted molar refractivity (Wildman–Crippen MR) is 82.7 cm³/mol. The molecule has 0 amide bonds. The van der Waals surface area contributed by atoms with Gasteiger partial charge in [-0.15, -0.1) is 0 Å². The quantitative estimate of drug-likeness (QED) is 0.585. The van der Waals surface area contributed by atoms with Crippen LogP contribution in [0.1, 0.15) is 17.7 Å². The van der Waals surface area contributed by atoms with E-state index < -0.39 is 10.1 Å². The molecule has 21 heavy (non-hydrogen) atoms. The number of nitrogen functional groups attached to an aromatic ring is 1. The largest absolute Gasteiger partial charge is 0.399 e. The topological polar surface area (TPSA) is 99.4 Å². The van der Waals surface area contributed by atoms with E-state index in [1.54, 1.807) is 0 Å². The summed E-state index contributed by atoms with van der Waals surface area (Å²) in [7, 11) is -3.86. The Kier molecular flexibility index (Phi) is 3.64. The number of nitrogens with one attached hydrogen (secondary N) is 1. The van der Waals surface area contributed by atoms with E-state index in [0.29, 0.717) is 13.0 Å². The highest BCUT2D eigenvalue weighted by atomic mass is 32.2. The summed E-state index contributed by atoms with van der Waals surface area (Å²) in [5.41, 5.74) is 10.2. The molecule has 0 aliphatic carbocycles. The first-order chi connectivity index (χ1) is 9.92. The zero-order valence-electron chi connectivity index (χ0n) is 11.7. The van der Waals surface area contributed by atoms with Gasteiger partial charge in [0.2, 0.25) is 0 Å². The minimum Gasteiger partial charge on any atom is -0.399 e. The summed E-state index contributed by atoms with van der Waals surface area (Å²) in [5.74, 6) is -0.181. The molecule has 0 saturated heterocycles.